The first-order valence-corrected chi connectivity index (χ1v) is 11.5. The summed E-state index contributed by atoms with van der Waals surface area (Å²) in [5.74, 6) is -0.990. The molecule has 1 aliphatic rings. The van der Waals surface area contributed by atoms with Crippen LogP contribution in [0.1, 0.15) is 54.8 Å². The van der Waals surface area contributed by atoms with E-state index in [9.17, 15) is 14.7 Å². The number of rotatable bonds is 4. The SMILES string of the molecule is COc1ccc(/C(O)=C2/C(=O)C(=O)N(c3ccc(C)cc3C)C2c2ccccn2)cc1C(C)(C)C. The molecule has 2 heterocycles. The number of methoxy groups -OCH3 is 1. The number of benzene rings is 2. The number of aromatic nitrogens is 1. The number of Topliss-reactive ketones (excluding diaryl/α,β-unsaturated/α-hetero) is 1. The van der Waals surface area contributed by atoms with Gasteiger partial charge in [0.1, 0.15) is 17.6 Å². The lowest BCUT2D eigenvalue weighted by Gasteiger charge is -2.26. The van der Waals surface area contributed by atoms with Crippen molar-refractivity contribution in [2.45, 2.75) is 46.1 Å². The van der Waals surface area contributed by atoms with E-state index in [0.29, 0.717) is 22.7 Å². The molecule has 1 atom stereocenters. The molecular formula is C29H30N2O4. The summed E-state index contributed by atoms with van der Waals surface area (Å²) in [6.45, 7) is 10.00. The predicted molar refractivity (Wildman–Crippen MR) is 137 cm³/mol. The van der Waals surface area contributed by atoms with Crippen LogP contribution in [0.5, 0.6) is 5.75 Å². The van der Waals surface area contributed by atoms with Crippen LogP contribution in [0.15, 0.2) is 66.4 Å². The Labute approximate surface area is 205 Å². The van der Waals surface area contributed by atoms with Crippen molar-refractivity contribution in [2.24, 2.45) is 0 Å². The maximum absolute atomic E-state index is 13.4. The largest absolute Gasteiger partial charge is 0.507 e. The molecule has 0 spiro atoms. The van der Waals surface area contributed by atoms with Gasteiger partial charge in [-0.15, -0.1) is 0 Å². The van der Waals surface area contributed by atoms with E-state index < -0.39 is 17.7 Å². The van der Waals surface area contributed by atoms with Crippen molar-refractivity contribution in [3.8, 4) is 5.75 Å². The Bertz CT molecular complexity index is 1340. The molecule has 180 valence electrons. The lowest BCUT2D eigenvalue weighted by molar-refractivity contribution is -0.132. The summed E-state index contributed by atoms with van der Waals surface area (Å²) in [5, 5.41) is 11.5. The summed E-state index contributed by atoms with van der Waals surface area (Å²) < 4.78 is 5.52. The van der Waals surface area contributed by atoms with Crippen LogP contribution in [0.3, 0.4) is 0 Å². The molecular weight excluding hydrogens is 440 g/mol. The topological polar surface area (TPSA) is 79.7 Å². The number of aliphatic hydroxyl groups is 1. The number of aryl methyl sites for hydroxylation is 2. The van der Waals surface area contributed by atoms with Crippen LogP contribution in [0.2, 0.25) is 0 Å². The second kappa shape index (κ2) is 9.02. The minimum atomic E-state index is -0.863. The molecule has 1 N–H and O–H groups in total. The minimum absolute atomic E-state index is 0.0127. The Morgan fingerprint density at radius 1 is 1.03 bits per heavy atom. The molecule has 35 heavy (non-hydrogen) atoms. The highest BCUT2D eigenvalue weighted by molar-refractivity contribution is 6.51. The van der Waals surface area contributed by atoms with Crippen LogP contribution >= 0.6 is 0 Å². The molecule has 6 nitrogen and oxygen atoms in total. The van der Waals surface area contributed by atoms with Crippen LogP contribution < -0.4 is 9.64 Å². The van der Waals surface area contributed by atoms with E-state index in [1.807, 2.05) is 58.9 Å². The fourth-order valence-electron chi connectivity index (χ4n) is 4.57. The monoisotopic (exact) mass is 470 g/mol. The summed E-state index contributed by atoms with van der Waals surface area (Å²) in [6, 6.07) is 15.4. The highest BCUT2D eigenvalue weighted by Gasteiger charge is 2.48. The summed E-state index contributed by atoms with van der Waals surface area (Å²) in [5.41, 5.74) is 4.07. The van der Waals surface area contributed by atoms with Gasteiger partial charge in [-0.2, -0.15) is 0 Å². The van der Waals surface area contributed by atoms with Crippen molar-refractivity contribution in [3.63, 3.8) is 0 Å². The highest BCUT2D eigenvalue weighted by atomic mass is 16.5. The molecule has 4 rings (SSSR count). The van der Waals surface area contributed by atoms with E-state index in [2.05, 4.69) is 4.98 Å². The van der Waals surface area contributed by atoms with Crippen molar-refractivity contribution >= 4 is 23.1 Å². The molecule has 3 aromatic rings. The van der Waals surface area contributed by atoms with Gasteiger partial charge in [0.15, 0.2) is 0 Å². The second-order valence-electron chi connectivity index (χ2n) is 9.88. The van der Waals surface area contributed by atoms with Crippen molar-refractivity contribution in [1.29, 1.82) is 0 Å². The number of amides is 1. The molecule has 1 unspecified atom stereocenters. The van der Waals surface area contributed by atoms with Gasteiger partial charge in [0.25, 0.3) is 11.7 Å². The molecule has 1 saturated heterocycles. The van der Waals surface area contributed by atoms with E-state index in [1.165, 1.54) is 4.90 Å². The number of carbonyl (C=O) groups excluding carboxylic acids is 2. The van der Waals surface area contributed by atoms with E-state index in [0.717, 1.165) is 16.7 Å². The van der Waals surface area contributed by atoms with Gasteiger partial charge < -0.3 is 9.84 Å². The van der Waals surface area contributed by atoms with Crippen LogP contribution in [0, 0.1) is 13.8 Å². The predicted octanol–water partition coefficient (Wildman–Crippen LogP) is 5.63. The average Bonchev–Trinajstić information content (AvgIpc) is 3.08. The number of carbonyl (C=O) groups is 2. The first-order valence-electron chi connectivity index (χ1n) is 11.5. The van der Waals surface area contributed by atoms with Crippen LogP contribution in [0.4, 0.5) is 5.69 Å². The molecule has 1 amide bonds. The zero-order valence-electron chi connectivity index (χ0n) is 20.9. The van der Waals surface area contributed by atoms with E-state index in [4.69, 9.17) is 4.74 Å². The molecule has 0 radical (unpaired) electrons. The number of ether oxygens (including phenoxy) is 1. The molecule has 6 heteroatoms. The van der Waals surface area contributed by atoms with Crippen molar-refractivity contribution in [1.82, 2.24) is 4.98 Å². The molecule has 0 saturated carbocycles. The molecule has 1 aromatic heterocycles. The normalized spacial score (nSPS) is 17.7. The lowest BCUT2D eigenvalue weighted by Crippen LogP contribution is -2.30. The number of hydrogen-bond acceptors (Lipinski definition) is 5. The minimum Gasteiger partial charge on any atom is -0.507 e. The summed E-state index contributed by atoms with van der Waals surface area (Å²) in [7, 11) is 1.60. The maximum Gasteiger partial charge on any atom is 0.300 e. The van der Waals surface area contributed by atoms with Gasteiger partial charge in [0.05, 0.1) is 18.4 Å². The Morgan fingerprint density at radius 3 is 2.37 bits per heavy atom. The Morgan fingerprint density at radius 2 is 1.77 bits per heavy atom. The zero-order valence-corrected chi connectivity index (χ0v) is 20.9. The first-order chi connectivity index (χ1) is 16.5. The fraction of sp³-hybridized carbons (Fsp3) is 0.276. The molecule has 1 aliphatic heterocycles. The van der Waals surface area contributed by atoms with Gasteiger partial charge in [0.2, 0.25) is 0 Å². The quantitative estimate of drug-likeness (QED) is 0.304. The number of hydrogen-bond donors (Lipinski definition) is 1. The number of pyridine rings is 1. The Hall–Kier alpha value is -3.93. The third-order valence-corrected chi connectivity index (χ3v) is 6.31. The standard InChI is InChI=1S/C29H30N2O4/c1-17-10-12-22(18(2)15-17)31-25(21-9-7-8-14-30-21)24(27(33)28(31)34)26(32)19-11-13-23(35-6)20(16-19)29(3,4)5/h7-16,25,32H,1-6H3/b26-24-. The number of nitrogens with zero attached hydrogens (tertiary/aromatic N) is 2. The molecule has 0 bridgehead atoms. The van der Waals surface area contributed by atoms with Gasteiger partial charge in [-0.25, -0.2) is 0 Å². The van der Waals surface area contributed by atoms with Crippen LogP contribution in [-0.4, -0.2) is 28.9 Å². The fourth-order valence-corrected chi connectivity index (χ4v) is 4.57. The number of aliphatic hydroxyl groups excluding tert-OH is 1. The summed E-state index contributed by atoms with van der Waals surface area (Å²) >= 11 is 0. The van der Waals surface area contributed by atoms with Gasteiger partial charge in [-0.3, -0.25) is 19.5 Å². The Balaban J connectivity index is 1.97. The maximum atomic E-state index is 13.4. The van der Waals surface area contributed by atoms with E-state index in [-0.39, 0.29) is 16.7 Å². The van der Waals surface area contributed by atoms with Crippen molar-refractivity contribution in [2.75, 3.05) is 12.0 Å². The second-order valence-corrected chi connectivity index (χ2v) is 9.88. The molecule has 2 aromatic carbocycles. The highest BCUT2D eigenvalue weighted by Crippen LogP contribution is 2.43. The first kappa shape index (κ1) is 24.2. The lowest BCUT2D eigenvalue weighted by atomic mass is 9.84. The van der Waals surface area contributed by atoms with Gasteiger partial charge in [0, 0.05) is 23.0 Å². The van der Waals surface area contributed by atoms with Crippen LogP contribution in [-0.2, 0) is 15.0 Å². The number of anilines is 1. The Kier molecular flexibility index (Phi) is 6.24. The zero-order chi connectivity index (χ0) is 25.5. The average molecular weight is 471 g/mol. The summed E-state index contributed by atoms with van der Waals surface area (Å²) in [6.07, 6.45) is 1.61. The van der Waals surface area contributed by atoms with Crippen LogP contribution in [0.25, 0.3) is 5.76 Å². The van der Waals surface area contributed by atoms with Gasteiger partial charge in [-0.05, 0) is 61.2 Å². The van der Waals surface area contributed by atoms with Gasteiger partial charge >= 0.3 is 0 Å². The third kappa shape index (κ3) is 4.32. The molecule has 0 aliphatic carbocycles. The number of ketones is 1. The van der Waals surface area contributed by atoms with Crippen molar-refractivity contribution in [3.05, 3.63) is 94.3 Å². The third-order valence-electron chi connectivity index (χ3n) is 6.31. The van der Waals surface area contributed by atoms with Gasteiger partial charge in [-0.1, -0.05) is 44.5 Å². The molecule has 1 fully saturated rings. The summed E-state index contributed by atoms with van der Waals surface area (Å²) in [4.78, 5) is 32.7. The van der Waals surface area contributed by atoms with E-state index in [1.54, 1.807) is 43.6 Å². The van der Waals surface area contributed by atoms with E-state index >= 15 is 0 Å². The smallest absolute Gasteiger partial charge is 0.300 e. The van der Waals surface area contributed by atoms with Crippen molar-refractivity contribution < 1.29 is 19.4 Å².